The van der Waals surface area contributed by atoms with Crippen molar-refractivity contribution in [1.29, 1.82) is 0 Å². The second kappa shape index (κ2) is 17.2. The zero-order chi connectivity index (χ0) is 40.2. The SMILES string of the molecule is CN(CCC(=O)N1CCC([C@@H]2CCNc3c(C(N)=O)c(-c4ccc(Oc5ccccc5)cc4)nn32)CC1)CC1CCN(c2cnc(N3CCC(=O)NC3=O)cn2)CC1. The summed E-state index contributed by atoms with van der Waals surface area (Å²) in [5.74, 6) is 3.55. The van der Waals surface area contributed by atoms with Crippen molar-refractivity contribution < 1.29 is 23.9 Å². The molecule has 1 atom stereocenters. The summed E-state index contributed by atoms with van der Waals surface area (Å²) in [6, 6.07) is 16.8. The molecule has 4 aliphatic rings. The standard InChI is InChI=1S/C42H51N11O5/c1-49(27-28-12-20-50(21-13-28)34-25-46-35(26-45-34)52-24-16-36(54)47-42(52)57)19-17-37(55)51-22-14-29(15-23-51)33-11-18-44-41-38(40(43)56)39(48-53(33)41)30-7-9-32(10-8-30)58-31-5-3-2-4-6-31/h2-10,25-26,28-29,33,44H,11-24,27H2,1H3,(H2,43,56)(H,47,54,57)/t33-/m0/s1. The maximum atomic E-state index is 13.4. The fourth-order valence-electron chi connectivity index (χ4n) is 8.74. The lowest BCUT2D eigenvalue weighted by Gasteiger charge is -2.38. The molecule has 6 heterocycles. The van der Waals surface area contributed by atoms with Gasteiger partial charge in [-0.1, -0.05) is 18.2 Å². The molecule has 0 aliphatic carbocycles. The third-order valence-corrected chi connectivity index (χ3v) is 11.9. The van der Waals surface area contributed by atoms with Gasteiger partial charge in [0.1, 0.15) is 34.4 Å². The molecule has 58 heavy (non-hydrogen) atoms. The number of amides is 5. The van der Waals surface area contributed by atoms with Crippen LogP contribution in [0.2, 0.25) is 0 Å². The molecule has 0 bridgehead atoms. The van der Waals surface area contributed by atoms with E-state index in [0.717, 1.165) is 75.4 Å². The van der Waals surface area contributed by atoms with Gasteiger partial charge in [-0.2, -0.15) is 5.10 Å². The maximum Gasteiger partial charge on any atom is 0.329 e. The van der Waals surface area contributed by atoms with Crippen molar-refractivity contribution in [3.8, 4) is 22.8 Å². The van der Waals surface area contributed by atoms with E-state index in [0.29, 0.717) is 73.1 Å². The lowest BCUT2D eigenvalue weighted by atomic mass is 9.86. The number of urea groups is 1. The molecule has 0 unspecified atom stereocenters. The van der Waals surface area contributed by atoms with Crippen LogP contribution in [0.15, 0.2) is 67.0 Å². The highest BCUT2D eigenvalue weighted by Crippen LogP contribution is 2.40. The molecular formula is C42H51N11O5. The summed E-state index contributed by atoms with van der Waals surface area (Å²) in [5.41, 5.74) is 7.70. The minimum atomic E-state index is -0.519. The fourth-order valence-corrected chi connectivity index (χ4v) is 8.74. The molecule has 8 rings (SSSR count). The lowest BCUT2D eigenvalue weighted by Crippen LogP contribution is -2.50. The summed E-state index contributed by atoms with van der Waals surface area (Å²) in [6.45, 7) is 5.79. The summed E-state index contributed by atoms with van der Waals surface area (Å²) in [5, 5.41) is 10.7. The van der Waals surface area contributed by atoms with E-state index in [1.807, 2.05) is 64.2 Å². The molecule has 2 aromatic heterocycles. The molecule has 2 aromatic carbocycles. The van der Waals surface area contributed by atoms with Crippen molar-refractivity contribution in [2.75, 3.05) is 74.5 Å². The van der Waals surface area contributed by atoms with Crippen LogP contribution < -0.4 is 30.9 Å². The minimum absolute atomic E-state index is 0.0980. The monoisotopic (exact) mass is 789 g/mol. The number of primary amides is 1. The van der Waals surface area contributed by atoms with Crippen molar-refractivity contribution >= 4 is 41.2 Å². The number of para-hydroxylation sites is 1. The van der Waals surface area contributed by atoms with Gasteiger partial charge in [0.15, 0.2) is 5.82 Å². The van der Waals surface area contributed by atoms with E-state index >= 15 is 0 Å². The zero-order valence-electron chi connectivity index (χ0n) is 32.9. The number of nitrogens with one attached hydrogen (secondary N) is 2. The Hall–Kier alpha value is -6.03. The van der Waals surface area contributed by atoms with Crippen LogP contribution in [-0.4, -0.2) is 113 Å². The predicted molar refractivity (Wildman–Crippen MR) is 219 cm³/mol. The number of aromatic nitrogens is 4. The van der Waals surface area contributed by atoms with E-state index in [1.165, 1.54) is 4.90 Å². The van der Waals surface area contributed by atoms with Crippen LogP contribution in [-0.2, 0) is 9.59 Å². The van der Waals surface area contributed by atoms with E-state index in [2.05, 4.69) is 37.4 Å². The Bertz CT molecular complexity index is 2090. The first-order chi connectivity index (χ1) is 28.2. The third kappa shape index (κ3) is 8.61. The number of benzene rings is 2. The van der Waals surface area contributed by atoms with E-state index in [1.54, 1.807) is 12.4 Å². The molecule has 304 valence electrons. The summed E-state index contributed by atoms with van der Waals surface area (Å²) in [6.07, 6.45) is 8.67. The lowest BCUT2D eigenvalue weighted by molar-refractivity contribution is -0.133. The summed E-state index contributed by atoms with van der Waals surface area (Å²) in [4.78, 5) is 66.8. The van der Waals surface area contributed by atoms with Gasteiger partial charge in [-0.3, -0.25) is 24.6 Å². The molecule has 4 aromatic rings. The average Bonchev–Trinajstić information content (AvgIpc) is 3.65. The Balaban J connectivity index is 0.794. The molecule has 0 radical (unpaired) electrons. The van der Waals surface area contributed by atoms with Crippen molar-refractivity contribution in [1.82, 2.24) is 34.9 Å². The van der Waals surface area contributed by atoms with E-state index in [-0.39, 0.29) is 24.3 Å². The van der Waals surface area contributed by atoms with Crippen LogP contribution in [0.3, 0.4) is 0 Å². The smallest absolute Gasteiger partial charge is 0.329 e. The first kappa shape index (κ1) is 38.8. The van der Waals surface area contributed by atoms with Crippen molar-refractivity contribution in [2.24, 2.45) is 17.6 Å². The van der Waals surface area contributed by atoms with Crippen LogP contribution in [0.25, 0.3) is 11.3 Å². The number of hydrogen-bond acceptors (Lipinski definition) is 11. The topological polar surface area (TPSA) is 184 Å². The molecule has 4 aliphatic heterocycles. The Labute approximate surface area is 337 Å². The number of carbonyl (C=O) groups is 4. The highest BCUT2D eigenvalue weighted by molar-refractivity contribution is 6.05. The number of likely N-dealkylation sites (tertiary alicyclic amines) is 1. The van der Waals surface area contributed by atoms with Gasteiger partial charge >= 0.3 is 6.03 Å². The van der Waals surface area contributed by atoms with Crippen molar-refractivity contribution in [3.63, 3.8) is 0 Å². The second-order valence-corrected chi connectivity index (χ2v) is 15.8. The number of imide groups is 1. The van der Waals surface area contributed by atoms with Gasteiger partial charge in [0, 0.05) is 70.8 Å². The number of anilines is 3. The molecule has 0 spiro atoms. The summed E-state index contributed by atoms with van der Waals surface area (Å²) in [7, 11) is 2.10. The van der Waals surface area contributed by atoms with Crippen molar-refractivity contribution in [2.45, 2.75) is 51.0 Å². The number of hydrogen-bond donors (Lipinski definition) is 3. The van der Waals surface area contributed by atoms with Crippen LogP contribution in [0, 0.1) is 11.8 Å². The van der Waals surface area contributed by atoms with E-state index in [4.69, 9.17) is 15.6 Å². The zero-order valence-corrected chi connectivity index (χ0v) is 32.9. The highest BCUT2D eigenvalue weighted by Gasteiger charge is 2.36. The van der Waals surface area contributed by atoms with Gasteiger partial charge in [0.05, 0.1) is 18.4 Å². The van der Waals surface area contributed by atoms with Gasteiger partial charge in [0.2, 0.25) is 11.8 Å². The van der Waals surface area contributed by atoms with Crippen LogP contribution in [0.5, 0.6) is 11.5 Å². The quantitative estimate of drug-likeness (QED) is 0.184. The van der Waals surface area contributed by atoms with Crippen LogP contribution in [0.4, 0.5) is 22.2 Å². The molecule has 3 saturated heterocycles. The number of rotatable bonds is 12. The van der Waals surface area contributed by atoms with Gasteiger partial charge in [-0.15, -0.1) is 0 Å². The summed E-state index contributed by atoms with van der Waals surface area (Å²) >= 11 is 0. The van der Waals surface area contributed by atoms with Gasteiger partial charge < -0.3 is 30.5 Å². The Morgan fingerprint density at radius 3 is 2.28 bits per heavy atom. The summed E-state index contributed by atoms with van der Waals surface area (Å²) < 4.78 is 7.94. The Morgan fingerprint density at radius 1 is 0.879 bits per heavy atom. The minimum Gasteiger partial charge on any atom is -0.457 e. The maximum absolute atomic E-state index is 13.4. The average molecular weight is 790 g/mol. The molecule has 16 nitrogen and oxygen atoms in total. The number of nitrogens with two attached hydrogens (primary N) is 1. The Morgan fingerprint density at radius 2 is 1.59 bits per heavy atom. The highest BCUT2D eigenvalue weighted by atomic mass is 16.5. The number of ether oxygens (including phenoxy) is 1. The van der Waals surface area contributed by atoms with E-state index in [9.17, 15) is 19.2 Å². The van der Waals surface area contributed by atoms with Gasteiger partial charge in [0.25, 0.3) is 5.91 Å². The molecule has 4 N–H and O–H groups in total. The van der Waals surface area contributed by atoms with E-state index < -0.39 is 11.9 Å². The third-order valence-electron chi connectivity index (χ3n) is 11.9. The molecule has 0 saturated carbocycles. The predicted octanol–water partition coefficient (Wildman–Crippen LogP) is 4.51. The first-order valence-electron chi connectivity index (χ1n) is 20.3. The Kier molecular flexibility index (Phi) is 11.5. The number of fused-ring (bicyclic) bond motifs is 1. The normalized spacial score (nSPS) is 19.1. The second-order valence-electron chi connectivity index (χ2n) is 15.8. The molecule has 5 amide bonds. The fraction of sp³-hybridized carbons (Fsp3) is 0.452. The van der Waals surface area contributed by atoms with Crippen LogP contribution in [0.1, 0.15) is 61.3 Å². The molecule has 16 heteroatoms. The number of nitrogens with zero attached hydrogens (tertiary/aromatic N) is 8. The molecule has 3 fully saturated rings. The molecular weight excluding hydrogens is 739 g/mol. The number of piperidine rings is 2. The first-order valence-corrected chi connectivity index (χ1v) is 20.3. The van der Waals surface area contributed by atoms with Crippen molar-refractivity contribution in [3.05, 3.63) is 72.6 Å². The number of carbonyl (C=O) groups excluding carboxylic acids is 4. The largest absolute Gasteiger partial charge is 0.457 e. The van der Waals surface area contributed by atoms with Gasteiger partial charge in [-0.05, 0) is 87.4 Å². The van der Waals surface area contributed by atoms with Gasteiger partial charge in [-0.25, -0.2) is 19.4 Å². The van der Waals surface area contributed by atoms with Crippen LogP contribution >= 0.6 is 0 Å².